The summed E-state index contributed by atoms with van der Waals surface area (Å²) in [5, 5.41) is 8.82. The molecular weight excluding hydrogens is 226 g/mol. The predicted molar refractivity (Wildman–Crippen MR) is 59.6 cm³/mol. The number of hydrogen-bond donors (Lipinski definition) is 1. The van der Waals surface area contributed by atoms with Crippen molar-refractivity contribution in [3.05, 3.63) is 0 Å². The number of methoxy groups -OCH3 is 1. The van der Waals surface area contributed by atoms with Gasteiger partial charge in [0, 0.05) is 26.7 Å². The van der Waals surface area contributed by atoms with Gasteiger partial charge in [0.2, 0.25) is 5.91 Å². The van der Waals surface area contributed by atoms with Crippen molar-refractivity contribution in [1.82, 2.24) is 4.90 Å². The molecule has 17 heavy (non-hydrogen) atoms. The molecule has 0 aromatic heterocycles. The zero-order valence-corrected chi connectivity index (χ0v) is 10.2. The fourth-order valence-electron chi connectivity index (χ4n) is 1.80. The molecule has 98 valence electrons. The lowest BCUT2D eigenvalue weighted by Crippen LogP contribution is -2.48. The smallest absolute Gasteiger partial charge is 0.334 e. The Kier molecular flexibility index (Phi) is 5.37. The van der Waals surface area contributed by atoms with E-state index in [4.69, 9.17) is 14.6 Å². The van der Waals surface area contributed by atoms with E-state index in [1.807, 2.05) is 6.92 Å². The van der Waals surface area contributed by atoms with Crippen molar-refractivity contribution in [2.45, 2.75) is 19.4 Å². The van der Waals surface area contributed by atoms with Gasteiger partial charge in [-0.15, -0.1) is 0 Å². The van der Waals surface area contributed by atoms with Crippen LogP contribution in [0, 0.1) is 5.92 Å². The molecule has 0 spiro atoms. The lowest BCUT2D eigenvalue weighted by Gasteiger charge is -2.31. The van der Waals surface area contributed by atoms with Crippen LogP contribution in [0.3, 0.4) is 0 Å². The van der Waals surface area contributed by atoms with Crippen molar-refractivity contribution in [3.63, 3.8) is 0 Å². The second-order valence-electron chi connectivity index (χ2n) is 4.30. The lowest BCUT2D eigenvalue weighted by atomic mass is 10.1. The highest BCUT2D eigenvalue weighted by Gasteiger charge is 2.29. The van der Waals surface area contributed by atoms with Crippen LogP contribution in [0.4, 0.5) is 0 Å². The van der Waals surface area contributed by atoms with Gasteiger partial charge in [0.15, 0.2) is 6.10 Å². The van der Waals surface area contributed by atoms with Crippen molar-refractivity contribution in [3.8, 4) is 0 Å². The summed E-state index contributed by atoms with van der Waals surface area (Å²) in [6, 6.07) is 0. The fraction of sp³-hybridized carbons (Fsp3) is 0.818. The Morgan fingerprint density at radius 2 is 2.29 bits per heavy atom. The zero-order chi connectivity index (χ0) is 12.8. The van der Waals surface area contributed by atoms with Crippen molar-refractivity contribution in [1.29, 1.82) is 0 Å². The van der Waals surface area contributed by atoms with Crippen LogP contribution in [0.5, 0.6) is 0 Å². The van der Waals surface area contributed by atoms with E-state index in [0.29, 0.717) is 19.6 Å². The first kappa shape index (κ1) is 13.9. The van der Waals surface area contributed by atoms with Crippen LogP contribution in [0.2, 0.25) is 0 Å². The highest BCUT2D eigenvalue weighted by Crippen LogP contribution is 2.11. The van der Waals surface area contributed by atoms with Crippen LogP contribution in [-0.4, -0.2) is 61.4 Å². The number of carbonyl (C=O) groups excluding carboxylic acids is 1. The van der Waals surface area contributed by atoms with E-state index in [-0.39, 0.29) is 25.0 Å². The topological polar surface area (TPSA) is 76.1 Å². The van der Waals surface area contributed by atoms with Gasteiger partial charge in [-0.1, -0.05) is 6.92 Å². The highest BCUT2D eigenvalue weighted by atomic mass is 16.5. The van der Waals surface area contributed by atoms with E-state index in [2.05, 4.69) is 0 Å². The average molecular weight is 245 g/mol. The van der Waals surface area contributed by atoms with Gasteiger partial charge in [-0.25, -0.2) is 4.79 Å². The van der Waals surface area contributed by atoms with Crippen LogP contribution < -0.4 is 0 Å². The lowest BCUT2D eigenvalue weighted by molar-refractivity contribution is -0.159. The molecule has 0 aromatic rings. The van der Waals surface area contributed by atoms with Gasteiger partial charge in [0.05, 0.1) is 13.2 Å². The molecule has 2 unspecified atom stereocenters. The molecule has 0 bridgehead atoms. The van der Waals surface area contributed by atoms with Crippen molar-refractivity contribution < 1.29 is 24.2 Å². The van der Waals surface area contributed by atoms with Gasteiger partial charge in [0.25, 0.3) is 0 Å². The third-order valence-electron chi connectivity index (χ3n) is 2.67. The van der Waals surface area contributed by atoms with Gasteiger partial charge in [-0.2, -0.15) is 0 Å². The first-order chi connectivity index (χ1) is 8.04. The van der Waals surface area contributed by atoms with Crippen LogP contribution in [0.25, 0.3) is 0 Å². The molecule has 6 heteroatoms. The summed E-state index contributed by atoms with van der Waals surface area (Å²) in [6.45, 7) is 3.33. The third kappa shape index (κ3) is 4.32. The Labute approximate surface area is 100 Å². The summed E-state index contributed by atoms with van der Waals surface area (Å²) in [4.78, 5) is 24.2. The number of morpholine rings is 1. The molecule has 0 saturated carbocycles. The Bertz CT molecular complexity index is 281. The Hall–Kier alpha value is -1.14. The van der Waals surface area contributed by atoms with E-state index in [1.165, 1.54) is 0 Å². The number of hydrogen-bond acceptors (Lipinski definition) is 4. The minimum Gasteiger partial charge on any atom is -0.479 e. The standard InChI is InChI=1S/C11H19NO5/c1-8(7-16-2)5-10(13)12-3-4-17-9(6-12)11(14)15/h8-9H,3-7H2,1-2H3,(H,14,15). The first-order valence-corrected chi connectivity index (χ1v) is 5.65. The van der Waals surface area contributed by atoms with Gasteiger partial charge in [-0.05, 0) is 5.92 Å². The number of nitrogens with zero attached hydrogens (tertiary/aromatic N) is 1. The monoisotopic (exact) mass is 245 g/mol. The molecule has 6 nitrogen and oxygen atoms in total. The summed E-state index contributed by atoms with van der Waals surface area (Å²) in [7, 11) is 1.59. The molecule has 0 aromatic carbocycles. The number of carboxylic acids is 1. The van der Waals surface area contributed by atoms with Crippen LogP contribution in [0.1, 0.15) is 13.3 Å². The van der Waals surface area contributed by atoms with Crippen LogP contribution in [-0.2, 0) is 19.1 Å². The molecule has 2 atom stereocenters. The molecule has 1 N–H and O–H groups in total. The SMILES string of the molecule is COCC(C)CC(=O)N1CCOC(C(=O)O)C1. The summed E-state index contributed by atoms with van der Waals surface area (Å²) in [5.74, 6) is -0.921. The van der Waals surface area contributed by atoms with Crippen LogP contribution in [0.15, 0.2) is 0 Å². The molecule has 0 radical (unpaired) electrons. The maximum atomic E-state index is 11.9. The van der Waals surface area contributed by atoms with Gasteiger partial charge >= 0.3 is 5.97 Å². The summed E-state index contributed by atoms with van der Waals surface area (Å²) in [5.41, 5.74) is 0. The normalized spacial score (nSPS) is 22.2. The average Bonchev–Trinajstić information content (AvgIpc) is 2.29. The number of carboxylic acid groups (broad SMARTS) is 1. The van der Waals surface area contributed by atoms with E-state index in [9.17, 15) is 9.59 Å². The van der Waals surface area contributed by atoms with Crippen molar-refractivity contribution >= 4 is 11.9 Å². The molecule has 1 rings (SSSR count). The second kappa shape index (κ2) is 6.56. The fourth-order valence-corrected chi connectivity index (χ4v) is 1.80. The second-order valence-corrected chi connectivity index (χ2v) is 4.30. The third-order valence-corrected chi connectivity index (χ3v) is 2.67. The van der Waals surface area contributed by atoms with Gasteiger partial charge < -0.3 is 19.5 Å². The molecule has 1 aliphatic heterocycles. The maximum Gasteiger partial charge on any atom is 0.334 e. The Morgan fingerprint density at radius 1 is 1.59 bits per heavy atom. The quantitative estimate of drug-likeness (QED) is 0.736. The number of aliphatic carboxylic acids is 1. The number of carbonyl (C=O) groups is 2. The van der Waals surface area contributed by atoms with E-state index in [0.717, 1.165) is 0 Å². The molecule has 1 saturated heterocycles. The van der Waals surface area contributed by atoms with Crippen LogP contribution >= 0.6 is 0 Å². The van der Waals surface area contributed by atoms with Gasteiger partial charge in [-0.3, -0.25) is 4.79 Å². The largest absolute Gasteiger partial charge is 0.479 e. The number of amides is 1. The number of ether oxygens (including phenoxy) is 2. The van der Waals surface area contributed by atoms with E-state index >= 15 is 0 Å². The van der Waals surface area contributed by atoms with Crippen molar-refractivity contribution in [2.75, 3.05) is 33.4 Å². The van der Waals surface area contributed by atoms with E-state index < -0.39 is 12.1 Å². The summed E-state index contributed by atoms with van der Waals surface area (Å²) < 4.78 is 10.0. The zero-order valence-electron chi connectivity index (χ0n) is 10.2. The molecule has 1 heterocycles. The molecule has 1 fully saturated rings. The maximum absolute atomic E-state index is 11.9. The minimum absolute atomic E-state index is 0.0379. The minimum atomic E-state index is -1.02. The summed E-state index contributed by atoms with van der Waals surface area (Å²) in [6.07, 6.45) is -0.523. The van der Waals surface area contributed by atoms with Crippen molar-refractivity contribution in [2.24, 2.45) is 5.92 Å². The Morgan fingerprint density at radius 3 is 2.88 bits per heavy atom. The number of rotatable bonds is 5. The summed E-state index contributed by atoms with van der Waals surface area (Å²) >= 11 is 0. The highest BCUT2D eigenvalue weighted by molar-refractivity contribution is 5.78. The van der Waals surface area contributed by atoms with Gasteiger partial charge in [0.1, 0.15) is 0 Å². The van der Waals surface area contributed by atoms with E-state index in [1.54, 1.807) is 12.0 Å². The molecule has 1 aliphatic rings. The first-order valence-electron chi connectivity index (χ1n) is 5.65. The molecule has 1 amide bonds. The Balaban J connectivity index is 2.43. The molecule has 0 aliphatic carbocycles. The molecular formula is C11H19NO5. The predicted octanol–water partition coefficient (Wildman–Crippen LogP) is -0.0290.